The van der Waals surface area contributed by atoms with Crippen LogP contribution in [0.1, 0.15) is 18.4 Å². The SMILES string of the molecule is Cc1ccc(S(=O)(=O)N2[C@@H]3CC4C[C@H]2CN(C4)C3)cc1. The van der Waals surface area contributed by atoms with Gasteiger partial charge in [-0.15, -0.1) is 0 Å². The lowest BCUT2D eigenvalue weighted by Crippen LogP contribution is -2.68. The van der Waals surface area contributed by atoms with Crippen LogP contribution in [0.2, 0.25) is 0 Å². The Balaban J connectivity index is 1.71. The summed E-state index contributed by atoms with van der Waals surface area (Å²) in [5.41, 5.74) is 1.09. The molecule has 4 atom stereocenters. The molecular weight excluding hydrogens is 272 g/mol. The molecule has 4 fully saturated rings. The lowest BCUT2D eigenvalue weighted by atomic mass is 9.80. The van der Waals surface area contributed by atoms with Gasteiger partial charge in [-0.25, -0.2) is 8.42 Å². The van der Waals surface area contributed by atoms with E-state index < -0.39 is 10.0 Å². The van der Waals surface area contributed by atoms with Gasteiger partial charge >= 0.3 is 0 Å². The Labute approximate surface area is 120 Å². The maximum absolute atomic E-state index is 12.9. The molecule has 0 amide bonds. The van der Waals surface area contributed by atoms with Gasteiger partial charge in [-0.2, -0.15) is 4.31 Å². The molecule has 4 nitrogen and oxygen atoms in total. The van der Waals surface area contributed by atoms with E-state index in [4.69, 9.17) is 0 Å². The zero-order valence-electron chi connectivity index (χ0n) is 11.7. The summed E-state index contributed by atoms with van der Waals surface area (Å²) in [6.45, 7) is 4.98. The molecule has 2 unspecified atom stereocenters. The van der Waals surface area contributed by atoms with E-state index in [0.29, 0.717) is 10.8 Å². The molecule has 0 aliphatic carbocycles. The van der Waals surface area contributed by atoms with Gasteiger partial charge in [0.15, 0.2) is 0 Å². The van der Waals surface area contributed by atoms with Crippen LogP contribution >= 0.6 is 0 Å². The van der Waals surface area contributed by atoms with Crippen LogP contribution in [0, 0.1) is 12.8 Å². The van der Waals surface area contributed by atoms with E-state index in [-0.39, 0.29) is 12.1 Å². The van der Waals surface area contributed by atoms with Crippen molar-refractivity contribution in [2.45, 2.75) is 36.7 Å². The Morgan fingerprint density at radius 3 is 2.15 bits per heavy atom. The summed E-state index contributed by atoms with van der Waals surface area (Å²) in [7, 11) is -3.33. The van der Waals surface area contributed by atoms with Crippen molar-refractivity contribution in [3.05, 3.63) is 29.8 Å². The summed E-state index contributed by atoms with van der Waals surface area (Å²) >= 11 is 0. The second kappa shape index (κ2) is 4.29. The number of piperidine rings is 3. The minimum atomic E-state index is -3.33. The van der Waals surface area contributed by atoms with Crippen LogP contribution in [0.15, 0.2) is 29.2 Å². The zero-order chi connectivity index (χ0) is 13.9. The molecule has 4 saturated heterocycles. The van der Waals surface area contributed by atoms with Gasteiger partial charge in [-0.1, -0.05) is 17.7 Å². The first-order valence-electron chi connectivity index (χ1n) is 7.36. The monoisotopic (exact) mass is 292 g/mol. The molecule has 4 bridgehead atoms. The minimum absolute atomic E-state index is 0.188. The second-order valence-electron chi connectivity index (χ2n) is 6.51. The average molecular weight is 292 g/mol. The lowest BCUT2D eigenvalue weighted by Gasteiger charge is -2.56. The summed E-state index contributed by atoms with van der Waals surface area (Å²) < 4.78 is 27.7. The average Bonchev–Trinajstić information content (AvgIpc) is 2.37. The summed E-state index contributed by atoms with van der Waals surface area (Å²) in [5, 5.41) is 0. The van der Waals surface area contributed by atoms with Gasteiger partial charge in [0, 0.05) is 31.7 Å². The van der Waals surface area contributed by atoms with Crippen LogP contribution in [-0.2, 0) is 10.0 Å². The van der Waals surface area contributed by atoms with E-state index in [1.54, 1.807) is 12.1 Å². The molecule has 1 aromatic carbocycles. The number of hydrogen-bond donors (Lipinski definition) is 0. The Bertz CT molecular complexity index is 596. The van der Waals surface area contributed by atoms with Gasteiger partial charge in [0.1, 0.15) is 0 Å². The third kappa shape index (κ3) is 1.84. The first-order chi connectivity index (χ1) is 9.54. The fraction of sp³-hybridized carbons (Fsp3) is 0.600. The summed E-state index contributed by atoms with van der Waals surface area (Å²) in [6, 6.07) is 7.63. The van der Waals surface area contributed by atoms with Gasteiger partial charge in [-0.3, -0.25) is 4.90 Å². The van der Waals surface area contributed by atoms with E-state index in [0.717, 1.165) is 31.5 Å². The number of sulfonamides is 1. The van der Waals surface area contributed by atoms with Crippen molar-refractivity contribution in [1.82, 2.24) is 9.21 Å². The summed E-state index contributed by atoms with van der Waals surface area (Å²) in [4.78, 5) is 2.89. The predicted molar refractivity (Wildman–Crippen MR) is 76.9 cm³/mol. The molecule has 5 rings (SSSR count). The van der Waals surface area contributed by atoms with E-state index in [2.05, 4.69) is 4.90 Å². The Kier molecular flexibility index (Phi) is 2.75. The third-order valence-corrected chi connectivity index (χ3v) is 7.00. The second-order valence-corrected chi connectivity index (χ2v) is 8.35. The van der Waals surface area contributed by atoms with Gasteiger partial charge < -0.3 is 0 Å². The molecule has 0 spiro atoms. The van der Waals surface area contributed by atoms with E-state index in [1.807, 2.05) is 23.4 Å². The number of nitrogens with zero attached hydrogens (tertiary/aromatic N) is 2. The minimum Gasteiger partial charge on any atom is -0.300 e. The quantitative estimate of drug-likeness (QED) is 0.828. The number of hydrogen-bond acceptors (Lipinski definition) is 3. The van der Waals surface area contributed by atoms with Crippen molar-refractivity contribution in [3.8, 4) is 0 Å². The predicted octanol–water partition coefficient (Wildman–Crippen LogP) is 1.46. The van der Waals surface area contributed by atoms with Crippen LogP contribution in [0.3, 0.4) is 0 Å². The summed E-state index contributed by atoms with van der Waals surface area (Å²) in [5.74, 6) is 0.706. The number of benzene rings is 1. The highest BCUT2D eigenvalue weighted by Gasteiger charge is 2.50. The van der Waals surface area contributed by atoms with Gasteiger partial charge in [0.05, 0.1) is 4.90 Å². The van der Waals surface area contributed by atoms with Gasteiger partial charge in [-0.05, 0) is 37.8 Å². The molecule has 4 aliphatic rings. The molecule has 20 heavy (non-hydrogen) atoms. The first-order valence-corrected chi connectivity index (χ1v) is 8.80. The number of piperazine rings is 1. The Hall–Kier alpha value is -0.910. The topological polar surface area (TPSA) is 40.6 Å². The molecule has 0 aromatic heterocycles. The maximum atomic E-state index is 12.9. The molecule has 4 heterocycles. The van der Waals surface area contributed by atoms with E-state index in [1.165, 1.54) is 6.54 Å². The maximum Gasteiger partial charge on any atom is 0.243 e. The smallest absolute Gasteiger partial charge is 0.243 e. The van der Waals surface area contributed by atoms with Crippen molar-refractivity contribution in [2.24, 2.45) is 5.92 Å². The Morgan fingerprint density at radius 1 is 1.00 bits per heavy atom. The molecule has 5 heteroatoms. The fourth-order valence-electron chi connectivity index (χ4n) is 4.24. The fourth-order valence-corrected chi connectivity index (χ4v) is 6.05. The van der Waals surface area contributed by atoms with Gasteiger partial charge in [0.2, 0.25) is 10.0 Å². The molecular formula is C15H20N2O2S. The van der Waals surface area contributed by atoms with Crippen LogP contribution in [0.5, 0.6) is 0 Å². The highest BCUT2D eigenvalue weighted by Crippen LogP contribution is 2.41. The third-order valence-electron chi connectivity index (χ3n) is 4.98. The molecule has 108 valence electrons. The normalized spacial score (nSPS) is 36.5. The standard InChI is InChI=1S/C15H20N2O2S/c1-11-2-4-15(5-3-11)20(18,19)17-13-6-12-7-14(17)10-16(8-12)9-13/h2-5,12-14H,6-10H2,1H3/t12?,13-,14+. The van der Waals surface area contributed by atoms with E-state index in [9.17, 15) is 8.42 Å². The highest BCUT2D eigenvalue weighted by molar-refractivity contribution is 7.89. The van der Waals surface area contributed by atoms with Crippen LogP contribution in [0.25, 0.3) is 0 Å². The van der Waals surface area contributed by atoms with Gasteiger partial charge in [0.25, 0.3) is 0 Å². The van der Waals surface area contributed by atoms with Crippen molar-refractivity contribution in [3.63, 3.8) is 0 Å². The van der Waals surface area contributed by atoms with Crippen molar-refractivity contribution in [2.75, 3.05) is 19.6 Å². The highest BCUT2D eigenvalue weighted by atomic mass is 32.2. The molecule has 4 aliphatic heterocycles. The zero-order valence-corrected chi connectivity index (χ0v) is 12.5. The van der Waals surface area contributed by atoms with Crippen molar-refractivity contribution in [1.29, 1.82) is 0 Å². The largest absolute Gasteiger partial charge is 0.300 e. The molecule has 1 aromatic rings. The summed E-state index contributed by atoms with van der Waals surface area (Å²) in [6.07, 6.45) is 2.08. The lowest BCUT2D eigenvalue weighted by molar-refractivity contribution is -0.0372. The number of rotatable bonds is 2. The Morgan fingerprint density at radius 2 is 1.60 bits per heavy atom. The molecule has 0 radical (unpaired) electrons. The van der Waals surface area contributed by atoms with Crippen LogP contribution < -0.4 is 0 Å². The van der Waals surface area contributed by atoms with Crippen LogP contribution in [-0.4, -0.2) is 49.3 Å². The first kappa shape index (κ1) is 12.8. The van der Waals surface area contributed by atoms with E-state index >= 15 is 0 Å². The molecule has 0 saturated carbocycles. The number of aryl methyl sites for hydroxylation is 1. The van der Waals surface area contributed by atoms with Crippen molar-refractivity contribution < 1.29 is 8.42 Å². The molecule has 0 N–H and O–H groups in total. The van der Waals surface area contributed by atoms with Crippen LogP contribution in [0.4, 0.5) is 0 Å². The van der Waals surface area contributed by atoms with Crippen molar-refractivity contribution >= 4 is 10.0 Å².